The summed E-state index contributed by atoms with van der Waals surface area (Å²) < 4.78 is 68.5. The number of primary sulfonamides is 1. The van der Waals surface area contributed by atoms with Gasteiger partial charge in [-0.25, -0.2) is 18.2 Å². The van der Waals surface area contributed by atoms with Gasteiger partial charge in [0.15, 0.2) is 5.69 Å². The normalized spacial score (nSPS) is 13.1. The number of sulfonamides is 1. The number of benzene rings is 2. The van der Waals surface area contributed by atoms with E-state index in [2.05, 4.69) is 10.3 Å². The molecule has 0 radical (unpaired) electrons. The minimum atomic E-state index is -4.77. The molecule has 13 heteroatoms. The molecule has 0 spiro atoms. The van der Waals surface area contributed by atoms with Crippen LogP contribution in [0, 0.1) is 0 Å². The third-order valence-electron chi connectivity index (χ3n) is 4.39. The molecule has 9 nitrogen and oxygen atoms in total. The quantitative estimate of drug-likeness (QED) is 0.577. The molecule has 31 heavy (non-hydrogen) atoms. The van der Waals surface area contributed by atoms with Crippen molar-refractivity contribution in [2.75, 3.05) is 7.11 Å². The molecule has 0 aliphatic carbocycles. The van der Waals surface area contributed by atoms with Crippen molar-refractivity contribution in [3.8, 4) is 11.4 Å². The maximum Gasteiger partial charge on any atom is 0.436 e. The second-order valence-electron chi connectivity index (χ2n) is 6.43. The van der Waals surface area contributed by atoms with Crippen LogP contribution in [0.25, 0.3) is 5.69 Å². The van der Waals surface area contributed by atoms with E-state index >= 15 is 0 Å². The molecule has 1 atom stereocenters. The van der Waals surface area contributed by atoms with Crippen LogP contribution in [0.4, 0.5) is 13.2 Å². The maximum atomic E-state index is 12.8. The molecule has 0 saturated carbocycles. The van der Waals surface area contributed by atoms with Crippen molar-refractivity contribution in [1.29, 1.82) is 0 Å². The van der Waals surface area contributed by atoms with Crippen molar-refractivity contribution in [1.82, 2.24) is 15.0 Å². The molecule has 3 aromatic rings. The lowest BCUT2D eigenvalue weighted by Crippen LogP contribution is -2.23. The van der Waals surface area contributed by atoms with E-state index in [4.69, 9.17) is 15.6 Å². The first-order valence-corrected chi connectivity index (χ1v) is 10.1. The second-order valence-corrected chi connectivity index (χ2v) is 7.96. The molecule has 0 aliphatic rings. The fraction of sp³-hybridized carbons (Fsp3) is 0.167. The van der Waals surface area contributed by atoms with Gasteiger partial charge in [-0.05, 0) is 35.4 Å². The van der Waals surface area contributed by atoms with Crippen molar-refractivity contribution in [3.63, 3.8) is 0 Å². The van der Waals surface area contributed by atoms with Gasteiger partial charge in [-0.3, -0.25) is 4.79 Å². The zero-order chi connectivity index (χ0) is 23.0. The molecular formula is C18H16F3N5O4S. The van der Waals surface area contributed by atoms with Gasteiger partial charge in [-0.1, -0.05) is 23.4 Å². The Balaban J connectivity index is 2.14. The van der Waals surface area contributed by atoms with Gasteiger partial charge in [0.1, 0.15) is 10.6 Å². The van der Waals surface area contributed by atoms with E-state index in [1.807, 2.05) is 0 Å². The van der Waals surface area contributed by atoms with Crippen LogP contribution in [0.2, 0.25) is 0 Å². The van der Waals surface area contributed by atoms with E-state index in [0.29, 0.717) is 22.2 Å². The third kappa shape index (κ3) is 4.67. The Kier molecular flexibility index (Phi) is 5.74. The summed E-state index contributed by atoms with van der Waals surface area (Å²) in [5.41, 5.74) is 4.56. The number of halogens is 3. The van der Waals surface area contributed by atoms with Gasteiger partial charge in [0.25, 0.3) is 0 Å². The summed E-state index contributed by atoms with van der Waals surface area (Å²) >= 11 is 0. The highest BCUT2D eigenvalue weighted by Gasteiger charge is 2.35. The van der Waals surface area contributed by atoms with Crippen molar-refractivity contribution in [2.45, 2.75) is 17.0 Å². The van der Waals surface area contributed by atoms with Crippen LogP contribution >= 0.6 is 0 Å². The third-order valence-corrected chi connectivity index (χ3v) is 5.33. The van der Waals surface area contributed by atoms with E-state index in [9.17, 15) is 26.4 Å². The van der Waals surface area contributed by atoms with Gasteiger partial charge < -0.3 is 10.5 Å². The summed E-state index contributed by atoms with van der Waals surface area (Å²) in [4.78, 5) is 11.6. The summed E-state index contributed by atoms with van der Waals surface area (Å²) in [5.74, 6) is -1.31. The first kappa shape index (κ1) is 22.2. The maximum absolute atomic E-state index is 12.8. The van der Waals surface area contributed by atoms with Crippen LogP contribution in [0.3, 0.4) is 0 Å². The fourth-order valence-corrected chi connectivity index (χ4v) is 3.71. The predicted octanol–water partition coefficient (Wildman–Crippen LogP) is 1.56. The minimum absolute atomic E-state index is 0.168. The number of ether oxygens (including phenoxy) is 1. The number of methoxy groups -OCH3 is 1. The van der Waals surface area contributed by atoms with Crippen LogP contribution in [-0.2, 0) is 21.0 Å². The summed E-state index contributed by atoms with van der Waals surface area (Å²) in [5, 5.41) is 11.6. The SMILES string of the molecule is COc1ccc(C(C(N)=O)c2ccc(-n3cc(C(F)(F)F)nn3)c(S(N)(=O)=O)c2)cc1. The van der Waals surface area contributed by atoms with E-state index < -0.39 is 38.6 Å². The lowest BCUT2D eigenvalue weighted by Gasteiger charge is -2.17. The van der Waals surface area contributed by atoms with Gasteiger partial charge in [0.05, 0.1) is 24.9 Å². The molecule has 1 aromatic heterocycles. The van der Waals surface area contributed by atoms with Crippen molar-refractivity contribution < 1.29 is 31.1 Å². The highest BCUT2D eigenvalue weighted by atomic mass is 32.2. The molecule has 1 amide bonds. The lowest BCUT2D eigenvalue weighted by atomic mass is 9.90. The Hall–Kier alpha value is -3.45. The standard InChI is InChI=1S/C18H16F3N5O4S/c1-30-12-5-2-10(3-6-12)16(17(22)27)11-4-7-13(14(8-11)31(23,28)29)26-9-15(24-25-26)18(19,20)21/h2-9,16H,1H3,(H2,22,27)(H2,23,28,29). The number of alkyl halides is 3. The van der Waals surface area contributed by atoms with Crippen molar-refractivity contribution in [3.05, 3.63) is 65.5 Å². The molecule has 1 unspecified atom stereocenters. The summed E-state index contributed by atoms with van der Waals surface area (Å²) in [6.45, 7) is 0. The largest absolute Gasteiger partial charge is 0.497 e. The monoisotopic (exact) mass is 455 g/mol. The van der Waals surface area contributed by atoms with E-state index in [-0.39, 0.29) is 11.3 Å². The van der Waals surface area contributed by atoms with Gasteiger partial charge in [-0.15, -0.1) is 5.10 Å². The number of hydrogen-bond donors (Lipinski definition) is 2. The van der Waals surface area contributed by atoms with Crippen LogP contribution in [0.1, 0.15) is 22.7 Å². The van der Waals surface area contributed by atoms with Crippen molar-refractivity contribution in [2.24, 2.45) is 10.9 Å². The topological polar surface area (TPSA) is 143 Å². The molecule has 0 saturated heterocycles. The number of aromatic nitrogens is 3. The minimum Gasteiger partial charge on any atom is -0.497 e. The zero-order valence-electron chi connectivity index (χ0n) is 15.9. The number of amides is 1. The Labute approximate surface area is 174 Å². The molecule has 164 valence electrons. The number of nitrogens with zero attached hydrogens (tertiary/aromatic N) is 3. The molecule has 3 rings (SSSR count). The predicted molar refractivity (Wildman–Crippen MR) is 102 cm³/mol. The Bertz CT molecular complexity index is 1220. The van der Waals surface area contributed by atoms with Crippen LogP contribution in [-0.4, -0.2) is 36.4 Å². The fourth-order valence-electron chi connectivity index (χ4n) is 2.96. The highest BCUT2D eigenvalue weighted by molar-refractivity contribution is 7.89. The van der Waals surface area contributed by atoms with E-state index in [0.717, 1.165) is 6.07 Å². The number of carbonyl (C=O) groups is 1. The number of primary amides is 1. The van der Waals surface area contributed by atoms with Gasteiger partial charge >= 0.3 is 6.18 Å². The number of nitrogens with two attached hydrogens (primary N) is 2. The summed E-state index contributed by atoms with van der Waals surface area (Å²) in [6.07, 6.45) is -4.25. The highest BCUT2D eigenvalue weighted by Crippen LogP contribution is 2.31. The molecule has 1 heterocycles. The lowest BCUT2D eigenvalue weighted by molar-refractivity contribution is -0.141. The molecule has 0 bridgehead atoms. The Morgan fingerprint density at radius 2 is 1.74 bits per heavy atom. The van der Waals surface area contributed by atoms with Gasteiger partial charge in [0, 0.05) is 0 Å². The number of carbonyl (C=O) groups excluding carboxylic acids is 1. The van der Waals surface area contributed by atoms with Gasteiger partial charge in [0.2, 0.25) is 15.9 Å². The number of hydrogen-bond acceptors (Lipinski definition) is 6. The zero-order valence-corrected chi connectivity index (χ0v) is 16.7. The molecular weight excluding hydrogens is 439 g/mol. The van der Waals surface area contributed by atoms with E-state index in [1.165, 1.54) is 19.2 Å². The average Bonchev–Trinajstić information content (AvgIpc) is 3.18. The van der Waals surface area contributed by atoms with Crippen molar-refractivity contribution >= 4 is 15.9 Å². The summed E-state index contributed by atoms with van der Waals surface area (Å²) in [7, 11) is -2.96. The summed E-state index contributed by atoms with van der Waals surface area (Å²) in [6, 6.07) is 9.92. The molecule has 0 fully saturated rings. The Morgan fingerprint density at radius 3 is 2.23 bits per heavy atom. The first-order chi connectivity index (χ1) is 14.4. The Morgan fingerprint density at radius 1 is 1.13 bits per heavy atom. The molecule has 2 aromatic carbocycles. The van der Waals surface area contributed by atoms with Crippen LogP contribution in [0.5, 0.6) is 5.75 Å². The second kappa shape index (κ2) is 8.00. The number of rotatable bonds is 6. The van der Waals surface area contributed by atoms with Gasteiger partial charge in [-0.2, -0.15) is 13.2 Å². The molecule has 0 aliphatic heterocycles. The smallest absolute Gasteiger partial charge is 0.436 e. The average molecular weight is 455 g/mol. The van der Waals surface area contributed by atoms with E-state index in [1.54, 1.807) is 24.3 Å². The first-order valence-electron chi connectivity index (χ1n) is 8.51. The van der Waals surface area contributed by atoms with Crippen LogP contribution < -0.4 is 15.6 Å². The molecule has 4 N–H and O–H groups in total. The van der Waals surface area contributed by atoms with Crippen LogP contribution in [0.15, 0.2) is 53.6 Å².